The van der Waals surface area contributed by atoms with Crippen molar-refractivity contribution in [3.63, 3.8) is 0 Å². The fourth-order valence-corrected chi connectivity index (χ4v) is 1.83. The smallest absolute Gasteiger partial charge is 0.228 e. The summed E-state index contributed by atoms with van der Waals surface area (Å²) in [6, 6.07) is 0. The van der Waals surface area contributed by atoms with Gasteiger partial charge in [-0.3, -0.25) is 4.79 Å². The monoisotopic (exact) mass is 194 g/mol. The molecule has 1 N–H and O–H groups in total. The topological polar surface area (TPSA) is 32.3 Å². The number of amides is 1. The Morgan fingerprint density at radius 2 is 2.36 bits per heavy atom. The van der Waals surface area contributed by atoms with E-state index in [1.165, 1.54) is 0 Å². The van der Waals surface area contributed by atoms with E-state index in [4.69, 9.17) is 6.42 Å². The SMILES string of the molecule is C#CCN(CC)C(=O)[C@@H]1CNC[C@H]1C. The lowest BCUT2D eigenvalue weighted by molar-refractivity contribution is -0.135. The van der Waals surface area contributed by atoms with Crippen LogP contribution in [-0.2, 0) is 4.79 Å². The number of carbonyl (C=O) groups is 1. The fraction of sp³-hybridized carbons (Fsp3) is 0.727. The molecule has 0 radical (unpaired) electrons. The van der Waals surface area contributed by atoms with Crippen molar-refractivity contribution in [3.8, 4) is 12.3 Å². The second-order valence-corrected chi connectivity index (χ2v) is 3.80. The second-order valence-electron chi connectivity index (χ2n) is 3.80. The molecule has 0 aromatic heterocycles. The van der Waals surface area contributed by atoms with Crippen LogP contribution in [0.15, 0.2) is 0 Å². The summed E-state index contributed by atoms with van der Waals surface area (Å²) < 4.78 is 0. The lowest BCUT2D eigenvalue weighted by Gasteiger charge is -2.23. The molecule has 0 saturated carbocycles. The summed E-state index contributed by atoms with van der Waals surface area (Å²) in [4.78, 5) is 13.7. The maximum Gasteiger partial charge on any atom is 0.228 e. The predicted octanol–water partition coefficient (Wildman–Crippen LogP) is 0.324. The molecule has 14 heavy (non-hydrogen) atoms. The molecule has 78 valence electrons. The molecule has 0 aliphatic carbocycles. The Labute approximate surface area is 85.9 Å². The highest BCUT2D eigenvalue weighted by Crippen LogP contribution is 2.18. The Kier molecular flexibility index (Phi) is 3.97. The highest BCUT2D eigenvalue weighted by Gasteiger charge is 2.31. The average Bonchev–Trinajstić information content (AvgIpc) is 2.59. The third-order valence-corrected chi connectivity index (χ3v) is 2.81. The van der Waals surface area contributed by atoms with Crippen LogP contribution in [0.4, 0.5) is 0 Å². The first-order valence-electron chi connectivity index (χ1n) is 5.13. The van der Waals surface area contributed by atoms with Gasteiger partial charge in [-0.05, 0) is 19.4 Å². The average molecular weight is 194 g/mol. The van der Waals surface area contributed by atoms with Gasteiger partial charge in [-0.15, -0.1) is 6.42 Å². The van der Waals surface area contributed by atoms with Gasteiger partial charge in [-0.2, -0.15) is 0 Å². The van der Waals surface area contributed by atoms with Gasteiger partial charge >= 0.3 is 0 Å². The molecule has 0 unspecified atom stereocenters. The normalized spacial score (nSPS) is 25.8. The van der Waals surface area contributed by atoms with Crippen LogP contribution in [0.3, 0.4) is 0 Å². The minimum absolute atomic E-state index is 0.114. The molecule has 1 fully saturated rings. The zero-order valence-electron chi connectivity index (χ0n) is 8.92. The molecule has 0 spiro atoms. The van der Waals surface area contributed by atoms with Crippen molar-refractivity contribution in [1.29, 1.82) is 0 Å². The number of nitrogens with zero attached hydrogens (tertiary/aromatic N) is 1. The first-order chi connectivity index (χ1) is 6.70. The van der Waals surface area contributed by atoms with Crippen molar-refractivity contribution in [2.75, 3.05) is 26.2 Å². The lowest BCUT2D eigenvalue weighted by Crippen LogP contribution is -2.38. The van der Waals surface area contributed by atoms with Crippen LogP contribution in [0.25, 0.3) is 0 Å². The van der Waals surface area contributed by atoms with Crippen LogP contribution >= 0.6 is 0 Å². The fourth-order valence-electron chi connectivity index (χ4n) is 1.83. The molecule has 3 heteroatoms. The molecular formula is C11H18N2O. The zero-order chi connectivity index (χ0) is 10.6. The number of hydrogen-bond acceptors (Lipinski definition) is 2. The van der Waals surface area contributed by atoms with E-state index in [2.05, 4.69) is 18.2 Å². The molecule has 1 heterocycles. The minimum Gasteiger partial charge on any atom is -0.332 e. The summed E-state index contributed by atoms with van der Waals surface area (Å²) >= 11 is 0. The summed E-state index contributed by atoms with van der Waals surface area (Å²) in [5.74, 6) is 3.26. The van der Waals surface area contributed by atoms with Crippen molar-refractivity contribution in [2.45, 2.75) is 13.8 Å². The summed E-state index contributed by atoms with van der Waals surface area (Å²) in [6.07, 6.45) is 5.22. The molecule has 1 aliphatic heterocycles. The van der Waals surface area contributed by atoms with Crippen LogP contribution < -0.4 is 5.32 Å². The Hall–Kier alpha value is -1.01. The first-order valence-corrected chi connectivity index (χ1v) is 5.13. The highest BCUT2D eigenvalue weighted by molar-refractivity contribution is 5.80. The van der Waals surface area contributed by atoms with Gasteiger partial charge in [0, 0.05) is 13.1 Å². The van der Waals surface area contributed by atoms with Crippen molar-refractivity contribution >= 4 is 5.91 Å². The Morgan fingerprint density at radius 1 is 1.64 bits per heavy atom. The van der Waals surface area contributed by atoms with E-state index in [1.807, 2.05) is 6.92 Å². The van der Waals surface area contributed by atoms with Crippen LogP contribution in [0, 0.1) is 24.2 Å². The Morgan fingerprint density at radius 3 is 2.79 bits per heavy atom. The van der Waals surface area contributed by atoms with E-state index in [-0.39, 0.29) is 11.8 Å². The number of terminal acetylenes is 1. The van der Waals surface area contributed by atoms with Gasteiger partial charge in [0.25, 0.3) is 0 Å². The molecular weight excluding hydrogens is 176 g/mol. The summed E-state index contributed by atoms with van der Waals surface area (Å²) in [5.41, 5.74) is 0. The van der Waals surface area contributed by atoms with Crippen molar-refractivity contribution in [2.24, 2.45) is 11.8 Å². The first kappa shape index (κ1) is 11.1. The Balaban J connectivity index is 2.58. The number of nitrogens with one attached hydrogen (secondary N) is 1. The van der Waals surface area contributed by atoms with Gasteiger partial charge in [0.2, 0.25) is 5.91 Å². The number of carbonyl (C=O) groups excluding carboxylic acids is 1. The number of rotatable bonds is 3. The predicted molar refractivity (Wildman–Crippen MR) is 56.6 cm³/mol. The molecule has 3 nitrogen and oxygen atoms in total. The molecule has 1 amide bonds. The molecule has 0 aromatic rings. The second kappa shape index (κ2) is 5.02. The minimum atomic E-state index is 0.114. The number of hydrogen-bond donors (Lipinski definition) is 1. The van der Waals surface area contributed by atoms with E-state index in [0.29, 0.717) is 19.0 Å². The Bertz CT molecular complexity index is 244. The van der Waals surface area contributed by atoms with Crippen LogP contribution in [0.2, 0.25) is 0 Å². The van der Waals surface area contributed by atoms with Gasteiger partial charge < -0.3 is 10.2 Å². The van der Waals surface area contributed by atoms with Crippen molar-refractivity contribution in [3.05, 3.63) is 0 Å². The third kappa shape index (κ3) is 2.27. The van der Waals surface area contributed by atoms with E-state index in [1.54, 1.807) is 4.90 Å². The van der Waals surface area contributed by atoms with E-state index >= 15 is 0 Å². The van der Waals surface area contributed by atoms with Gasteiger partial charge in [-0.25, -0.2) is 0 Å². The highest BCUT2D eigenvalue weighted by atomic mass is 16.2. The van der Waals surface area contributed by atoms with Crippen molar-refractivity contribution in [1.82, 2.24) is 10.2 Å². The van der Waals surface area contributed by atoms with Gasteiger partial charge in [-0.1, -0.05) is 12.8 Å². The van der Waals surface area contributed by atoms with E-state index < -0.39 is 0 Å². The summed E-state index contributed by atoms with van der Waals surface area (Å²) in [6.45, 7) is 6.92. The van der Waals surface area contributed by atoms with Crippen LogP contribution in [0.5, 0.6) is 0 Å². The molecule has 1 rings (SSSR count). The van der Waals surface area contributed by atoms with Crippen LogP contribution in [0.1, 0.15) is 13.8 Å². The van der Waals surface area contributed by atoms with Gasteiger partial charge in [0.15, 0.2) is 0 Å². The molecule has 1 saturated heterocycles. The third-order valence-electron chi connectivity index (χ3n) is 2.81. The summed E-state index contributed by atoms with van der Waals surface area (Å²) in [5, 5.41) is 3.22. The van der Waals surface area contributed by atoms with E-state index in [0.717, 1.165) is 13.1 Å². The van der Waals surface area contributed by atoms with E-state index in [9.17, 15) is 4.79 Å². The largest absolute Gasteiger partial charge is 0.332 e. The van der Waals surface area contributed by atoms with Crippen LogP contribution in [-0.4, -0.2) is 37.0 Å². The molecule has 0 bridgehead atoms. The molecule has 0 aromatic carbocycles. The van der Waals surface area contributed by atoms with Crippen molar-refractivity contribution < 1.29 is 4.79 Å². The summed E-state index contributed by atoms with van der Waals surface area (Å²) in [7, 11) is 0. The molecule has 1 aliphatic rings. The standard InChI is InChI=1S/C11H18N2O/c1-4-6-13(5-2)11(14)10-8-12-7-9(10)3/h1,9-10,12H,5-8H2,2-3H3/t9-,10-/m1/s1. The quantitative estimate of drug-likeness (QED) is 0.656. The van der Waals surface area contributed by atoms with Gasteiger partial charge in [0.1, 0.15) is 0 Å². The molecule has 2 atom stereocenters. The van der Waals surface area contributed by atoms with Gasteiger partial charge in [0.05, 0.1) is 12.5 Å². The lowest BCUT2D eigenvalue weighted by atomic mass is 9.96. The maximum absolute atomic E-state index is 12.0. The maximum atomic E-state index is 12.0. The zero-order valence-corrected chi connectivity index (χ0v) is 8.92.